The van der Waals surface area contributed by atoms with E-state index in [-0.39, 0.29) is 11.3 Å². The predicted octanol–water partition coefficient (Wildman–Crippen LogP) is 2.52. The summed E-state index contributed by atoms with van der Waals surface area (Å²) in [5, 5.41) is 3.47. The summed E-state index contributed by atoms with van der Waals surface area (Å²) in [5.74, 6) is 0.793. The highest BCUT2D eigenvalue weighted by Gasteiger charge is 2.51. The molecule has 2 aliphatic rings. The third kappa shape index (κ3) is 3.50. The number of hydrogen-bond acceptors (Lipinski definition) is 3. The highest BCUT2D eigenvalue weighted by atomic mass is 16.2. The smallest absolute Gasteiger partial charge is 0.253 e. The molecule has 0 radical (unpaired) electrons. The van der Waals surface area contributed by atoms with E-state index in [1.165, 1.54) is 6.42 Å². The van der Waals surface area contributed by atoms with Crippen LogP contribution in [0.1, 0.15) is 48.5 Å². The van der Waals surface area contributed by atoms with E-state index in [0.717, 1.165) is 37.9 Å². The number of nitrogens with one attached hydrogen (secondary N) is 1. The largest absolute Gasteiger partial charge is 0.345 e. The molecule has 5 nitrogen and oxygen atoms in total. The van der Waals surface area contributed by atoms with Gasteiger partial charge < -0.3 is 15.1 Å². The number of hydrogen-bond donors (Lipinski definition) is 1. The molecule has 1 aliphatic heterocycles. The number of carbonyl (C=O) groups excluding carboxylic acids is 2. The second-order valence-corrected chi connectivity index (χ2v) is 7.95. The molecule has 0 spiro atoms. The molecule has 2 amide bonds. The summed E-state index contributed by atoms with van der Waals surface area (Å²) in [7, 11) is 3.51. The molecule has 1 N–H and O–H groups in total. The van der Waals surface area contributed by atoms with Gasteiger partial charge in [0.25, 0.3) is 5.91 Å². The maximum atomic E-state index is 13.4. The van der Waals surface area contributed by atoms with E-state index < -0.39 is 0 Å². The van der Waals surface area contributed by atoms with Crippen molar-refractivity contribution in [3.05, 3.63) is 35.4 Å². The van der Waals surface area contributed by atoms with Gasteiger partial charge in [-0.3, -0.25) is 9.59 Å². The summed E-state index contributed by atoms with van der Waals surface area (Å²) >= 11 is 0. The van der Waals surface area contributed by atoms with Crippen LogP contribution in [0.3, 0.4) is 0 Å². The fourth-order valence-corrected chi connectivity index (χ4v) is 4.54. The Bertz CT molecular complexity index is 656. The van der Waals surface area contributed by atoms with E-state index in [1.54, 1.807) is 19.0 Å². The molecule has 5 heteroatoms. The molecule has 1 aromatic carbocycles. The maximum Gasteiger partial charge on any atom is 0.253 e. The van der Waals surface area contributed by atoms with Gasteiger partial charge in [-0.1, -0.05) is 25.0 Å². The Balaban J connectivity index is 1.73. The van der Waals surface area contributed by atoms with Crippen LogP contribution in [0.2, 0.25) is 0 Å². The van der Waals surface area contributed by atoms with Gasteiger partial charge in [0, 0.05) is 39.3 Å². The summed E-state index contributed by atoms with van der Waals surface area (Å²) in [6.07, 6.45) is 4.57. The van der Waals surface area contributed by atoms with Crippen molar-refractivity contribution >= 4 is 11.8 Å². The van der Waals surface area contributed by atoms with Gasteiger partial charge in [0.05, 0.1) is 5.41 Å². The Hall–Kier alpha value is -1.88. The Morgan fingerprint density at radius 3 is 2.58 bits per heavy atom. The lowest BCUT2D eigenvalue weighted by atomic mass is 9.67. The van der Waals surface area contributed by atoms with Crippen molar-refractivity contribution < 1.29 is 9.59 Å². The van der Waals surface area contributed by atoms with Crippen LogP contribution in [0.15, 0.2) is 24.3 Å². The zero-order valence-electron chi connectivity index (χ0n) is 16.3. The summed E-state index contributed by atoms with van der Waals surface area (Å²) in [6, 6.07) is 7.65. The van der Waals surface area contributed by atoms with Crippen LogP contribution in [-0.4, -0.2) is 55.3 Å². The average molecular weight is 357 g/mol. The predicted molar refractivity (Wildman–Crippen MR) is 103 cm³/mol. The van der Waals surface area contributed by atoms with E-state index >= 15 is 0 Å². The van der Waals surface area contributed by atoms with Gasteiger partial charge in [0.15, 0.2) is 0 Å². The molecule has 142 valence electrons. The highest BCUT2D eigenvalue weighted by molar-refractivity contribution is 5.93. The van der Waals surface area contributed by atoms with Gasteiger partial charge in [-0.05, 0) is 49.9 Å². The molecular weight excluding hydrogens is 326 g/mol. The number of carbonyl (C=O) groups is 2. The molecule has 1 heterocycles. The van der Waals surface area contributed by atoms with Crippen molar-refractivity contribution in [3.63, 3.8) is 0 Å². The minimum atomic E-state index is -0.199. The second kappa shape index (κ2) is 7.78. The van der Waals surface area contributed by atoms with Crippen LogP contribution in [-0.2, 0) is 11.3 Å². The SMILES string of the molecule is CCN(Cc1ccc(C(=O)N(C)C)cc1)C(=O)[C@@]12CCCC[C@H]1CNC2. The minimum Gasteiger partial charge on any atom is -0.345 e. The van der Waals surface area contributed by atoms with Gasteiger partial charge in [-0.25, -0.2) is 0 Å². The molecule has 2 atom stereocenters. The Kier molecular flexibility index (Phi) is 5.66. The van der Waals surface area contributed by atoms with E-state index in [1.807, 2.05) is 29.2 Å². The van der Waals surface area contributed by atoms with Crippen LogP contribution in [0, 0.1) is 11.3 Å². The van der Waals surface area contributed by atoms with E-state index in [2.05, 4.69) is 12.2 Å². The molecule has 1 aromatic rings. The number of rotatable bonds is 5. The lowest BCUT2D eigenvalue weighted by molar-refractivity contribution is -0.145. The molecule has 26 heavy (non-hydrogen) atoms. The van der Waals surface area contributed by atoms with Crippen LogP contribution in [0.4, 0.5) is 0 Å². The Morgan fingerprint density at radius 2 is 1.92 bits per heavy atom. The fourth-order valence-electron chi connectivity index (χ4n) is 4.54. The standard InChI is InChI=1S/C21H31N3O2/c1-4-24(14-16-8-10-17(11-9-16)19(25)23(2)3)20(26)21-12-6-5-7-18(21)13-22-15-21/h8-11,18,22H,4-7,12-15H2,1-3H3/t18-,21+/m0/s1. The summed E-state index contributed by atoms with van der Waals surface area (Å²) < 4.78 is 0. The van der Waals surface area contributed by atoms with Crippen molar-refractivity contribution in [1.82, 2.24) is 15.1 Å². The molecule has 0 unspecified atom stereocenters. The molecule has 2 fully saturated rings. The average Bonchev–Trinajstić information content (AvgIpc) is 3.10. The third-order valence-electron chi connectivity index (χ3n) is 6.11. The number of amides is 2. The molecule has 1 saturated heterocycles. The zero-order chi connectivity index (χ0) is 18.7. The van der Waals surface area contributed by atoms with Crippen molar-refractivity contribution in [3.8, 4) is 0 Å². The quantitative estimate of drug-likeness (QED) is 0.881. The molecule has 0 aromatic heterocycles. The first-order valence-corrected chi connectivity index (χ1v) is 9.78. The molecular formula is C21H31N3O2. The van der Waals surface area contributed by atoms with Crippen LogP contribution >= 0.6 is 0 Å². The van der Waals surface area contributed by atoms with Crippen LogP contribution in [0.25, 0.3) is 0 Å². The first-order chi connectivity index (χ1) is 12.5. The Morgan fingerprint density at radius 1 is 1.19 bits per heavy atom. The zero-order valence-corrected chi connectivity index (χ0v) is 16.3. The lowest BCUT2D eigenvalue weighted by Gasteiger charge is -2.40. The van der Waals surface area contributed by atoms with Crippen molar-refractivity contribution in [2.24, 2.45) is 11.3 Å². The van der Waals surface area contributed by atoms with Gasteiger partial charge in [0.1, 0.15) is 0 Å². The monoisotopic (exact) mass is 357 g/mol. The molecule has 1 aliphatic carbocycles. The highest BCUT2D eigenvalue weighted by Crippen LogP contribution is 2.45. The summed E-state index contributed by atoms with van der Waals surface area (Å²) in [5.41, 5.74) is 1.55. The molecule has 0 bridgehead atoms. The van der Waals surface area contributed by atoms with Gasteiger partial charge in [0.2, 0.25) is 5.91 Å². The molecule has 1 saturated carbocycles. The fraction of sp³-hybridized carbons (Fsp3) is 0.619. The number of nitrogens with zero attached hydrogens (tertiary/aromatic N) is 2. The maximum absolute atomic E-state index is 13.4. The van der Waals surface area contributed by atoms with Crippen molar-refractivity contribution in [2.75, 3.05) is 33.7 Å². The van der Waals surface area contributed by atoms with Crippen LogP contribution in [0.5, 0.6) is 0 Å². The van der Waals surface area contributed by atoms with E-state index in [0.29, 0.717) is 30.5 Å². The number of benzene rings is 1. The first kappa shape index (κ1) is 18.9. The number of fused-ring (bicyclic) bond motifs is 1. The van der Waals surface area contributed by atoms with Gasteiger partial charge >= 0.3 is 0 Å². The summed E-state index contributed by atoms with van der Waals surface area (Å²) in [4.78, 5) is 29.0. The second-order valence-electron chi connectivity index (χ2n) is 7.95. The first-order valence-electron chi connectivity index (χ1n) is 9.78. The van der Waals surface area contributed by atoms with Gasteiger partial charge in [-0.2, -0.15) is 0 Å². The van der Waals surface area contributed by atoms with Crippen molar-refractivity contribution in [1.29, 1.82) is 0 Å². The minimum absolute atomic E-state index is 0.000871. The van der Waals surface area contributed by atoms with Gasteiger partial charge in [-0.15, -0.1) is 0 Å². The van der Waals surface area contributed by atoms with Crippen LogP contribution < -0.4 is 5.32 Å². The van der Waals surface area contributed by atoms with Crippen molar-refractivity contribution in [2.45, 2.75) is 39.2 Å². The van der Waals surface area contributed by atoms with E-state index in [4.69, 9.17) is 0 Å². The topological polar surface area (TPSA) is 52.7 Å². The third-order valence-corrected chi connectivity index (χ3v) is 6.11. The normalized spacial score (nSPS) is 24.8. The van der Waals surface area contributed by atoms with E-state index in [9.17, 15) is 9.59 Å². The summed E-state index contributed by atoms with van der Waals surface area (Å²) in [6.45, 7) is 5.18. The Labute approximate surface area is 156 Å². The molecule has 3 rings (SSSR count). The lowest BCUT2D eigenvalue weighted by Crippen LogP contribution is -2.49.